The Bertz CT molecular complexity index is 510. The smallest absolute Gasteiger partial charge is 0.304 e. The van der Waals surface area contributed by atoms with Gasteiger partial charge in [0.1, 0.15) is 0 Å². The number of aryl methyl sites for hydroxylation is 1. The maximum atomic E-state index is 12.7. The molecular weight excluding hydrogens is 267 g/mol. The quantitative estimate of drug-likeness (QED) is 0.803. The Labute approximate surface area is 116 Å². The molecule has 0 saturated heterocycles. The van der Waals surface area contributed by atoms with Crippen LogP contribution in [0.5, 0.6) is 0 Å². The molecule has 0 fully saturated rings. The SMILES string of the molecule is CCC(C)c1ccc2c(c1)N(C(=O)C(F)(F)F)CCC2. The highest BCUT2D eigenvalue weighted by Crippen LogP contribution is 2.34. The van der Waals surface area contributed by atoms with E-state index in [0.29, 0.717) is 12.1 Å². The number of benzene rings is 1. The first-order chi connectivity index (χ1) is 9.34. The van der Waals surface area contributed by atoms with E-state index in [0.717, 1.165) is 28.9 Å². The summed E-state index contributed by atoms with van der Waals surface area (Å²) in [5.41, 5.74) is 2.23. The Balaban J connectivity index is 2.40. The van der Waals surface area contributed by atoms with Crippen LogP contribution in [0.25, 0.3) is 0 Å². The molecular formula is C15H18F3NO. The van der Waals surface area contributed by atoms with Crippen LogP contribution in [0.4, 0.5) is 18.9 Å². The number of anilines is 1. The molecule has 0 bridgehead atoms. The number of hydrogen-bond donors (Lipinski definition) is 0. The van der Waals surface area contributed by atoms with Crippen LogP contribution in [0.2, 0.25) is 0 Å². The van der Waals surface area contributed by atoms with Crippen molar-refractivity contribution in [2.75, 3.05) is 11.4 Å². The lowest BCUT2D eigenvalue weighted by Crippen LogP contribution is -2.43. The second-order valence-electron chi connectivity index (χ2n) is 5.26. The van der Waals surface area contributed by atoms with E-state index < -0.39 is 12.1 Å². The predicted octanol–water partition coefficient (Wildman–Crippen LogP) is 4.04. The fourth-order valence-electron chi connectivity index (χ4n) is 2.50. The highest BCUT2D eigenvalue weighted by Gasteiger charge is 2.44. The molecule has 110 valence electrons. The molecule has 1 heterocycles. The van der Waals surface area contributed by atoms with E-state index >= 15 is 0 Å². The first-order valence-corrected chi connectivity index (χ1v) is 6.86. The van der Waals surface area contributed by atoms with Crippen LogP contribution in [-0.2, 0) is 11.2 Å². The Hall–Kier alpha value is -1.52. The van der Waals surface area contributed by atoms with Gasteiger partial charge in [-0.1, -0.05) is 26.0 Å². The normalized spacial score (nSPS) is 16.8. The van der Waals surface area contributed by atoms with Gasteiger partial charge in [-0.3, -0.25) is 4.79 Å². The molecule has 1 unspecified atom stereocenters. The topological polar surface area (TPSA) is 20.3 Å². The van der Waals surface area contributed by atoms with Gasteiger partial charge in [0.2, 0.25) is 0 Å². The van der Waals surface area contributed by atoms with E-state index in [4.69, 9.17) is 0 Å². The van der Waals surface area contributed by atoms with Gasteiger partial charge in [0.05, 0.1) is 0 Å². The number of alkyl halides is 3. The van der Waals surface area contributed by atoms with Crippen molar-refractivity contribution in [1.82, 2.24) is 0 Å². The zero-order valence-electron chi connectivity index (χ0n) is 11.6. The van der Waals surface area contributed by atoms with E-state index in [9.17, 15) is 18.0 Å². The second kappa shape index (κ2) is 5.46. The molecule has 1 aromatic rings. The van der Waals surface area contributed by atoms with Gasteiger partial charge in [-0.15, -0.1) is 0 Å². The summed E-state index contributed by atoms with van der Waals surface area (Å²) in [6.45, 7) is 4.19. The molecule has 0 saturated carbocycles. The highest BCUT2D eigenvalue weighted by atomic mass is 19.4. The Kier molecular flexibility index (Phi) is 4.06. The Morgan fingerprint density at radius 1 is 1.40 bits per heavy atom. The molecule has 5 heteroatoms. The number of fused-ring (bicyclic) bond motifs is 1. The monoisotopic (exact) mass is 285 g/mol. The third-order valence-electron chi connectivity index (χ3n) is 3.90. The van der Waals surface area contributed by atoms with Crippen LogP contribution >= 0.6 is 0 Å². The van der Waals surface area contributed by atoms with Gasteiger partial charge in [0, 0.05) is 12.2 Å². The molecule has 1 aliphatic heterocycles. The molecule has 1 aliphatic rings. The fraction of sp³-hybridized carbons (Fsp3) is 0.533. The van der Waals surface area contributed by atoms with Gasteiger partial charge in [-0.05, 0) is 42.4 Å². The van der Waals surface area contributed by atoms with E-state index in [1.807, 2.05) is 26.0 Å². The standard InChI is InChI=1S/C15H18F3NO/c1-3-10(2)12-7-6-11-5-4-8-19(13(11)9-12)14(20)15(16,17)18/h6-7,9-10H,3-5,8H2,1-2H3. The minimum atomic E-state index is -4.82. The fourth-order valence-corrected chi connectivity index (χ4v) is 2.50. The second-order valence-corrected chi connectivity index (χ2v) is 5.26. The number of nitrogens with zero attached hydrogens (tertiary/aromatic N) is 1. The third kappa shape index (κ3) is 2.81. The first-order valence-electron chi connectivity index (χ1n) is 6.86. The molecule has 0 spiro atoms. The maximum Gasteiger partial charge on any atom is 0.471 e. The summed E-state index contributed by atoms with van der Waals surface area (Å²) >= 11 is 0. The summed E-state index contributed by atoms with van der Waals surface area (Å²) in [4.78, 5) is 12.4. The highest BCUT2D eigenvalue weighted by molar-refractivity contribution is 5.98. The molecule has 2 nitrogen and oxygen atoms in total. The molecule has 0 aliphatic carbocycles. The average molecular weight is 285 g/mol. The number of halogens is 3. The van der Waals surface area contributed by atoms with Crippen molar-refractivity contribution in [3.63, 3.8) is 0 Å². The van der Waals surface area contributed by atoms with Crippen LogP contribution < -0.4 is 4.90 Å². The van der Waals surface area contributed by atoms with Crippen molar-refractivity contribution in [1.29, 1.82) is 0 Å². The number of amides is 1. The van der Waals surface area contributed by atoms with E-state index in [1.54, 1.807) is 6.07 Å². The van der Waals surface area contributed by atoms with Gasteiger partial charge in [-0.25, -0.2) is 0 Å². The first kappa shape index (κ1) is 14.9. The van der Waals surface area contributed by atoms with Crippen molar-refractivity contribution in [2.24, 2.45) is 0 Å². The summed E-state index contributed by atoms with van der Waals surface area (Å²) < 4.78 is 38.0. The number of hydrogen-bond acceptors (Lipinski definition) is 1. The lowest BCUT2D eigenvalue weighted by molar-refractivity contribution is -0.170. The summed E-state index contributed by atoms with van der Waals surface area (Å²) in [6.07, 6.45) is -2.62. The average Bonchev–Trinajstić information content (AvgIpc) is 2.43. The van der Waals surface area contributed by atoms with Gasteiger partial charge in [0.25, 0.3) is 0 Å². The lowest BCUT2D eigenvalue weighted by Gasteiger charge is -2.31. The molecule has 2 rings (SSSR count). The van der Waals surface area contributed by atoms with Gasteiger partial charge in [0.15, 0.2) is 0 Å². The minimum absolute atomic E-state index is 0.134. The van der Waals surface area contributed by atoms with Crippen molar-refractivity contribution in [2.45, 2.75) is 45.2 Å². The molecule has 1 atom stereocenters. The summed E-state index contributed by atoms with van der Waals surface area (Å²) in [6, 6.07) is 5.55. The van der Waals surface area contributed by atoms with E-state index in [1.165, 1.54) is 0 Å². The van der Waals surface area contributed by atoms with Crippen molar-refractivity contribution in [3.05, 3.63) is 29.3 Å². The molecule has 1 amide bonds. The van der Waals surface area contributed by atoms with Crippen molar-refractivity contribution < 1.29 is 18.0 Å². The summed E-state index contributed by atoms with van der Waals surface area (Å²) in [5.74, 6) is -1.50. The minimum Gasteiger partial charge on any atom is -0.304 e. The van der Waals surface area contributed by atoms with Gasteiger partial charge < -0.3 is 4.90 Å². The lowest BCUT2D eigenvalue weighted by atomic mass is 9.93. The zero-order valence-corrected chi connectivity index (χ0v) is 11.6. The summed E-state index contributed by atoms with van der Waals surface area (Å²) in [7, 11) is 0. The number of carbonyl (C=O) groups excluding carboxylic acids is 1. The molecule has 0 radical (unpaired) electrons. The molecule has 1 aromatic carbocycles. The Morgan fingerprint density at radius 2 is 2.10 bits per heavy atom. The zero-order chi connectivity index (χ0) is 14.9. The van der Waals surface area contributed by atoms with E-state index in [2.05, 4.69) is 0 Å². The Morgan fingerprint density at radius 3 is 2.70 bits per heavy atom. The van der Waals surface area contributed by atoms with Gasteiger partial charge in [-0.2, -0.15) is 13.2 Å². The summed E-state index contributed by atoms with van der Waals surface area (Å²) in [5, 5.41) is 0. The predicted molar refractivity (Wildman–Crippen MR) is 71.9 cm³/mol. The van der Waals surface area contributed by atoms with Crippen molar-refractivity contribution in [3.8, 4) is 0 Å². The third-order valence-corrected chi connectivity index (χ3v) is 3.90. The number of carbonyl (C=O) groups is 1. The van der Waals surface area contributed by atoms with Gasteiger partial charge >= 0.3 is 12.1 Å². The maximum absolute atomic E-state index is 12.7. The van der Waals surface area contributed by atoms with E-state index in [-0.39, 0.29) is 12.5 Å². The van der Waals surface area contributed by atoms with Crippen LogP contribution in [0, 0.1) is 0 Å². The van der Waals surface area contributed by atoms with Crippen LogP contribution in [0.1, 0.15) is 43.7 Å². The molecule has 20 heavy (non-hydrogen) atoms. The van der Waals surface area contributed by atoms with Crippen LogP contribution in [-0.4, -0.2) is 18.6 Å². The van der Waals surface area contributed by atoms with Crippen molar-refractivity contribution >= 4 is 11.6 Å². The number of rotatable bonds is 2. The van der Waals surface area contributed by atoms with Crippen LogP contribution in [0.15, 0.2) is 18.2 Å². The largest absolute Gasteiger partial charge is 0.471 e. The van der Waals surface area contributed by atoms with Crippen LogP contribution in [0.3, 0.4) is 0 Å². The molecule has 0 aromatic heterocycles. The molecule has 0 N–H and O–H groups in total.